The maximum absolute atomic E-state index is 12.9. The molecule has 0 aliphatic heterocycles. The van der Waals surface area contributed by atoms with Crippen molar-refractivity contribution in [1.29, 1.82) is 0 Å². The van der Waals surface area contributed by atoms with Crippen LogP contribution in [0.2, 0.25) is 0 Å². The average Bonchev–Trinajstić information content (AvgIpc) is 3.55. The Kier molecular flexibility index (Phi) is 4.24. The molecule has 6 nitrogen and oxygen atoms in total. The van der Waals surface area contributed by atoms with Gasteiger partial charge in [0.05, 0.1) is 23.0 Å². The second-order valence-corrected chi connectivity index (χ2v) is 8.15. The van der Waals surface area contributed by atoms with Crippen molar-refractivity contribution in [2.24, 2.45) is 0 Å². The van der Waals surface area contributed by atoms with Crippen molar-refractivity contribution in [3.05, 3.63) is 119 Å². The van der Waals surface area contributed by atoms with E-state index in [1.54, 1.807) is 36.9 Å². The van der Waals surface area contributed by atoms with Gasteiger partial charge >= 0.3 is 11.9 Å². The molecule has 158 valence electrons. The maximum atomic E-state index is 12.9. The molecule has 0 saturated carbocycles. The van der Waals surface area contributed by atoms with Gasteiger partial charge in [0.15, 0.2) is 12.2 Å². The summed E-state index contributed by atoms with van der Waals surface area (Å²) in [5.41, 5.74) is 5.30. The second-order valence-electron chi connectivity index (χ2n) is 8.15. The van der Waals surface area contributed by atoms with Crippen LogP contribution in [0.1, 0.15) is 54.8 Å². The second kappa shape index (κ2) is 7.27. The number of aromatic nitrogens is 2. The Morgan fingerprint density at radius 2 is 0.969 bits per heavy atom. The molecular weight excluding hydrogens is 404 g/mol. The lowest BCUT2D eigenvalue weighted by molar-refractivity contribution is -0.0557. The first-order valence-electron chi connectivity index (χ1n) is 10.6. The first-order chi connectivity index (χ1) is 15.7. The standard InChI is InChI=1S/C26H20N2O4/c29-25(15-9-11-27-13-15)31-23-21-17-5-1-2-6-18(17)22(20-8-4-3-7-19(20)21)24(23)32-26(30)16-10-12-28-14-16/h1-14,21-24,27-28H. The van der Waals surface area contributed by atoms with Gasteiger partial charge in [-0.2, -0.15) is 0 Å². The number of nitrogens with one attached hydrogen (secondary N) is 2. The Hall–Kier alpha value is -4.06. The molecule has 3 aliphatic rings. The van der Waals surface area contributed by atoms with Gasteiger partial charge < -0.3 is 19.4 Å². The van der Waals surface area contributed by atoms with Gasteiger partial charge in [-0.05, 0) is 34.4 Å². The van der Waals surface area contributed by atoms with Gasteiger partial charge in [-0.25, -0.2) is 9.59 Å². The number of esters is 2. The molecule has 2 unspecified atom stereocenters. The minimum atomic E-state index is -0.643. The van der Waals surface area contributed by atoms with E-state index >= 15 is 0 Å². The zero-order valence-electron chi connectivity index (χ0n) is 17.0. The van der Waals surface area contributed by atoms with E-state index in [1.165, 1.54) is 0 Å². The lowest BCUT2D eigenvalue weighted by atomic mass is 9.61. The van der Waals surface area contributed by atoms with Gasteiger partial charge in [-0.1, -0.05) is 48.5 Å². The van der Waals surface area contributed by atoms with Crippen LogP contribution in [0, 0.1) is 0 Å². The maximum Gasteiger partial charge on any atom is 0.340 e. The highest BCUT2D eigenvalue weighted by Crippen LogP contribution is 2.54. The SMILES string of the molecule is O=C(OC1C2c3ccccc3C(c3ccccc32)C1OC(=O)c1cc[nH]c1)c1cc[nH]c1. The Bertz CT molecular complexity index is 1150. The first kappa shape index (κ1) is 18.7. The summed E-state index contributed by atoms with van der Waals surface area (Å²) in [6.07, 6.45) is 5.28. The van der Waals surface area contributed by atoms with Crippen LogP contribution in [0.3, 0.4) is 0 Å². The topological polar surface area (TPSA) is 84.2 Å². The zero-order chi connectivity index (χ0) is 21.7. The number of H-pyrrole nitrogens is 2. The lowest BCUT2D eigenvalue weighted by Gasteiger charge is -2.48. The highest BCUT2D eigenvalue weighted by atomic mass is 16.6. The fourth-order valence-electron chi connectivity index (χ4n) is 5.13. The van der Waals surface area contributed by atoms with Gasteiger partial charge in [0.1, 0.15) is 0 Å². The third-order valence-electron chi connectivity index (χ3n) is 6.47. The number of aromatic amines is 2. The van der Waals surface area contributed by atoms with E-state index in [-0.39, 0.29) is 11.8 Å². The number of benzene rings is 2. The number of fused-ring (bicyclic) bond motifs is 1. The molecule has 0 saturated heterocycles. The molecular formula is C26H20N2O4. The molecule has 2 aromatic heterocycles. The number of hydrogen-bond acceptors (Lipinski definition) is 4. The Labute approximate surface area is 184 Å². The van der Waals surface area contributed by atoms with Gasteiger partial charge in [0.2, 0.25) is 0 Å². The number of hydrogen-bond donors (Lipinski definition) is 2. The van der Waals surface area contributed by atoms with Crippen LogP contribution in [-0.4, -0.2) is 34.1 Å². The number of carbonyl (C=O) groups excluding carboxylic acids is 2. The third kappa shape index (κ3) is 2.80. The molecule has 4 aromatic rings. The van der Waals surface area contributed by atoms with Crippen LogP contribution in [0.4, 0.5) is 0 Å². The van der Waals surface area contributed by atoms with Crippen LogP contribution < -0.4 is 0 Å². The molecule has 2 aromatic carbocycles. The van der Waals surface area contributed by atoms with E-state index in [9.17, 15) is 9.59 Å². The largest absolute Gasteiger partial charge is 0.454 e. The average molecular weight is 424 g/mol. The summed E-state index contributed by atoms with van der Waals surface area (Å²) in [6.45, 7) is 0. The van der Waals surface area contributed by atoms with Crippen LogP contribution in [0.15, 0.2) is 85.5 Å². The van der Waals surface area contributed by atoms with Crippen molar-refractivity contribution in [3.8, 4) is 0 Å². The molecule has 2 heterocycles. The number of ether oxygens (including phenoxy) is 2. The lowest BCUT2D eigenvalue weighted by Crippen LogP contribution is -2.51. The van der Waals surface area contributed by atoms with Gasteiger partial charge in [-0.15, -0.1) is 0 Å². The van der Waals surface area contributed by atoms with Crippen molar-refractivity contribution in [2.75, 3.05) is 0 Å². The Morgan fingerprint density at radius 1 is 0.594 bits per heavy atom. The number of carbonyl (C=O) groups is 2. The summed E-state index contributed by atoms with van der Waals surface area (Å²) < 4.78 is 12.1. The summed E-state index contributed by atoms with van der Waals surface area (Å²) in [5, 5.41) is 0. The molecule has 0 amide bonds. The molecule has 3 aliphatic carbocycles. The molecule has 32 heavy (non-hydrogen) atoms. The third-order valence-corrected chi connectivity index (χ3v) is 6.47. The minimum absolute atomic E-state index is 0.223. The summed E-state index contributed by atoms with van der Waals surface area (Å²) in [6, 6.07) is 19.6. The fourth-order valence-corrected chi connectivity index (χ4v) is 5.13. The van der Waals surface area contributed by atoms with Crippen molar-refractivity contribution < 1.29 is 19.1 Å². The highest BCUT2D eigenvalue weighted by Gasteiger charge is 2.53. The molecule has 6 heteroatoms. The predicted molar refractivity (Wildman–Crippen MR) is 117 cm³/mol. The summed E-state index contributed by atoms with van der Waals surface area (Å²) >= 11 is 0. The van der Waals surface area contributed by atoms with Gasteiger partial charge in [-0.3, -0.25) is 0 Å². The monoisotopic (exact) mass is 424 g/mol. The predicted octanol–water partition coefficient (Wildman–Crippen LogP) is 4.38. The summed E-state index contributed by atoms with van der Waals surface area (Å²) in [7, 11) is 0. The van der Waals surface area contributed by atoms with E-state index < -0.39 is 24.1 Å². The van der Waals surface area contributed by atoms with Crippen LogP contribution in [-0.2, 0) is 9.47 Å². The Balaban J connectivity index is 1.47. The van der Waals surface area contributed by atoms with E-state index in [0.29, 0.717) is 11.1 Å². The molecule has 2 bridgehead atoms. The van der Waals surface area contributed by atoms with Crippen LogP contribution >= 0.6 is 0 Å². The summed E-state index contributed by atoms with van der Waals surface area (Å²) in [5.74, 6) is -1.33. The molecule has 0 radical (unpaired) electrons. The van der Waals surface area contributed by atoms with Crippen molar-refractivity contribution in [3.63, 3.8) is 0 Å². The normalized spacial score (nSPS) is 22.6. The highest BCUT2D eigenvalue weighted by molar-refractivity contribution is 5.90. The number of rotatable bonds is 4. The van der Waals surface area contributed by atoms with E-state index in [4.69, 9.17) is 9.47 Å². The smallest absolute Gasteiger partial charge is 0.340 e. The first-order valence-corrected chi connectivity index (χ1v) is 10.6. The molecule has 2 atom stereocenters. The van der Waals surface area contributed by atoms with Gasteiger partial charge in [0, 0.05) is 24.8 Å². The molecule has 2 N–H and O–H groups in total. The minimum Gasteiger partial charge on any atom is -0.454 e. The van der Waals surface area contributed by atoms with Crippen LogP contribution in [0.25, 0.3) is 0 Å². The van der Waals surface area contributed by atoms with Crippen LogP contribution in [0.5, 0.6) is 0 Å². The summed E-state index contributed by atoms with van der Waals surface area (Å²) in [4.78, 5) is 31.7. The quantitative estimate of drug-likeness (QED) is 0.476. The molecule has 7 rings (SSSR count). The molecule has 0 fully saturated rings. The van der Waals surface area contributed by atoms with E-state index in [2.05, 4.69) is 34.2 Å². The van der Waals surface area contributed by atoms with E-state index in [1.807, 2.05) is 24.3 Å². The fraction of sp³-hybridized carbons (Fsp3) is 0.154. The molecule has 0 spiro atoms. The zero-order valence-corrected chi connectivity index (χ0v) is 17.0. The van der Waals surface area contributed by atoms with Crippen molar-refractivity contribution in [2.45, 2.75) is 24.0 Å². The van der Waals surface area contributed by atoms with Crippen molar-refractivity contribution in [1.82, 2.24) is 9.97 Å². The Morgan fingerprint density at radius 3 is 1.28 bits per heavy atom. The van der Waals surface area contributed by atoms with Crippen molar-refractivity contribution >= 4 is 11.9 Å². The van der Waals surface area contributed by atoms with E-state index in [0.717, 1.165) is 22.3 Å². The van der Waals surface area contributed by atoms with Gasteiger partial charge in [0.25, 0.3) is 0 Å².